The number of hydrogen-bond donors (Lipinski definition) is 0. The lowest BCUT2D eigenvalue weighted by molar-refractivity contribution is 0.0846. The molecule has 0 bridgehead atoms. The monoisotopic (exact) mass is 445 g/mol. The van der Waals surface area contributed by atoms with Gasteiger partial charge in [-0.15, -0.1) is 0 Å². The van der Waals surface area contributed by atoms with Gasteiger partial charge in [-0.1, -0.05) is 18.6 Å². The lowest BCUT2D eigenvalue weighted by atomic mass is 9.92. The molecule has 4 rings (SSSR count). The minimum Gasteiger partial charge on any atom is -0.493 e. The molecular formula is C24H31NO5S. The molecule has 168 valence electrons. The van der Waals surface area contributed by atoms with E-state index in [-0.39, 0.29) is 16.5 Å². The summed E-state index contributed by atoms with van der Waals surface area (Å²) >= 11 is 0. The predicted molar refractivity (Wildman–Crippen MR) is 119 cm³/mol. The first-order chi connectivity index (χ1) is 14.7. The summed E-state index contributed by atoms with van der Waals surface area (Å²) < 4.78 is 45.6. The van der Waals surface area contributed by atoms with Gasteiger partial charge in [0.2, 0.25) is 10.0 Å². The van der Waals surface area contributed by atoms with Crippen molar-refractivity contribution in [3.63, 3.8) is 0 Å². The number of ether oxygens (including phenoxy) is 3. The molecule has 0 aromatic heterocycles. The van der Waals surface area contributed by atoms with Crippen LogP contribution in [0, 0.1) is 0 Å². The maximum Gasteiger partial charge on any atom is 0.243 e. The molecule has 0 unspecified atom stereocenters. The fourth-order valence-electron chi connectivity index (χ4n) is 4.19. The van der Waals surface area contributed by atoms with Crippen LogP contribution in [0.15, 0.2) is 41.3 Å². The molecule has 0 atom stereocenters. The third-order valence-electron chi connectivity index (χ3n) is 6.29. The van der Waals surface area contributed by atoms with Crippen LogP contribution < -0.4 is 14.2 Å². The fraction of sp³-hybridized carbons (Fsp3) is 0.500. The van der Waals surface area contributed by atoms with E-state index < -0.39 is 10.0 Å². The molecule has 2 aromatic carbocycles. The van der Waals surface area contributed by atoms with E-state index in [0.717, 1.165) is 49.0 Å². The molecule has 1 saturated carbocycles. The Labute approximate surface area is 185 Å². The average molecular weight is 446 g/mol. The van der Waals surface area contributed by atoms with Gasteiger partial charge in [-0.25, -0.2) is 8.42 Å². The largest absolute Gasteiger partial charge is 0.493 e. The highest BCUT2D eigenvalue weighted by Gasteiger charge is 2.36. The first-order valence-corrected chi connectivity index (χ1v) is 12.2. The highest BCUT2D eigenvalue weighted by molar-refractivity contribution is 7.89. The Morgan fingerprint density at radius 2 is 1.81 bits per heavy atom. The van der Waals surface area contributed by atoms with E-state index in [9.17, 15) is 8.42 Å². The number of methoxy groups -OCH3 is 2. The van der Waals surface area contributed by atoms with Crippen LogP contribution in [0.5, 0.6) is 17.2 Å². The van der Waals surface area contributed by atoms with Crippen molar-refractivity contribution >= 4 is 10.0 Å². The summed E-state index contributed by atoms with van der Waals surface area (Å²) in [5.74, 6) is 1.82. The molecular weight excluding hydrogens is 414 g/mol. The van der Waals surface area contributed by atoms with Crippen LogP contribution in [-0.2, 0) is 23.0 Å². The molecule has 1 aliphatic carbocycles. The normalized spacial score (nSPS) is 18.1. The number of fused-ring (bicyclic) bond motifs is 1. The second-order valence-electron chi connectivity index (χ2n) is 8.96. The van der Waals surface area contributed by atoms with E-state index in [1.807, 2.05) is 12.1 Å². The van der Waals surface area contributed by atoms with Gasteiger partial charge in [0.15, 0.2) is 11.5 Å². The highest BCUT2D eigenvalue weighted by atomic mass is 32.2. The lowest BCUT2D eigenvalue weighted by Crippen LogP contribution is -2.43. The van der Waals surface area contributed by atoms with Gasteiger partial charge >= 0.3 is 0 Å². The van der Waals surface area contributed by atoms with Crippen molar-refractivity contribution in [3.8, 4) is 17.2 Å². The summed E-state index contributed by atoms with van der Waals surface area (Å²) in [5, 5.41) is 0. The van der Waals surface area contributed by atoms with Crippen molar-refractivity contribution in [2.45, 2.75) is 69.0 Å². The average Bonchev–Trinajstić information content (AvgIpc) is 2.71. The quantitative estimate of drug-likeness (QED) is 0.626. The van der Waals surface area contributed by atoms with Crippen LogP contribution in [0.4, 0.5) is 0 Å². The fourth-order valence-corrected chi connectivity index (χ4v) is 5.88. The Balaban J connectivity index is 1.64. The molecule has 1 aliphatic heterocycles. The second kappa shape index (κ2) is 8.36. The Hall–Kier alpha value is -2.25. The van der Waals surface area contributed by atoms with Gasteiger partial charge in [0.1, 0.15) is 11.4 Å². The van der Waals surface area contributed by atoms with Crippen molar-refractivity contribution < 1.29 is 22.6 Å². The van der Waals surface area contributed by atoms with Crippen LogP contribution in [0.1, 0.15) is 50.7 Å². The van der Waals surface area contributed by atoms with Crippen LogP contribution in [0.3, 0.4) is 0 Å². The smallest absolute Gasteiger partial charge is 0.243 e. The Morgan fingerprint density at radius 3 is 2.45 bits per heavy atom. The molecule has 0 radical (unpaired) electrons. The molecule has 6 nitrogen and oxygen atoms in total. The number of hydrogen-bond acceptors (Lipinski definition) is 5. The third-order valence-corrected chi connectivity index (χ3v) is 8.18. The highest BCUT2D eigenvalue weighted by Crippen LogP contribution is 2.37. The van der Waals surface area contributed by atoms with Gasteiger partial charge < -0.3 is 14.2 Å². The molecule has 2 aliphatic rings. The molecule has 1 heterocycles. The summed E-state index contributed by atoms with van der Waals surface area (Å²) in [6.45, 7) is 4.54. The van der Waals surface area contributed by atoms with E-state index in [2.05, 4.69) is 19.9 Å². The standard InChI is InChI=1S/C24H31NO5S/c1-24(2)13-12-18-14-17(8-10-21(18)30-24)16-25(19-6-5-7-19)31(26,27)20-9-11-22(28-3)23(15-20)29-4/h8-11,14-15,19H,5-7,12-13,16H2,1-4H3. The lowest BCUT2D eigenvalue weighted by Gasteiger charge is -2.37. The summed E-state index contributed by atoms with van der Waals surface area (Å²) in [6, 6.07) is 10.9. The van der Waals surface area contributed by atoms with Crippen molar-refractivity contribution in [2.24, 2.45) is 0 Å². The van der Waals surface area contributed by atoms with Gasteiger partial charge in [-0.05, 0) is 68.9 Å². The van der Waals surface area contributed by atoms with Crippen LogP contribution >= 0.6 is 0 Å². The van der Waals surface area contributed by atoms with Crippen molar-refractivity contribution in [1.82, 2.24) is 4.31 Å². The molecule has 7 heteroatoms. The van der Waals surface area contributed by atoms with E-state index in [0.29, 0.717) is 18.0 Å². The summed E-state index contributed by atoms with van der Waals surface area (Å²) in [5.41, 5.74) is 1.97. The van der Waals surface area contributed by atoms with E-state index in [1.165, 1.54) is 14.2 Å². The van der Waals surface area contributed by atoms with E-state index in [1.54, 1.807) is 22.5 Å². The predicted octanol–water partition coefficient (Wildman–Crippen LogP) is 4.55. The van der Waals surface area contributed by atoms with Gasteiger partial charge in [0, 0.05) is 18.7 Å². The summed E-state index contributed by atoms with van der Waals surface area (Å²) in [7, 11) is -0.647. The SMILES string of the molecule is COc1ccc(S(=O)(=O)N(Cc2ccc3c(c2)CCC(C)(C)O3)C2CCC2)cc1OC. The van der Waals surface area contributed by atoms with E-state index in [4.69, 9.17) is 14.2 Å². The molecule has 0 amide bonds. The minimum absolute atomic E-state index is 0.0179. The van der Waals surface area contributed by atoms with Gasteiger partial charge in [-0.3, -0.25) is 0 Å². The summed E-state index contributed by atoms with van der Waals surface area (Å²) in [4.78, 5) is 0.222. The number of nitrogens with zero attached hydrogens (tertiary/aromatic N) is 1. The molecule has 2 aromatic rings. The maximum atomic E-state index is 13.6. The Kier molecular flexibility index (Phi) is 5.92. The summed E-state index contributed by atoms with van der Waals surface area (Å²) in [6.07, 6.45) is 4.70. The third kappa shape index (κ3) is 4.39. The zero-order valence-electron chi connectivity index (χ0n) is 18.7. The number of rotatable bonds is 7. The first-order valence-electron chi connectivity index (χ1n) is 10.8. The number of aryl methyl sites for hydroxylation is 1. The zero-order valence-corrected chi connectivity index (χ0v) is 19.5. The van der Waals surface area contributed by atoms with Crippen molar-refractivity contribution in [2.75, 3.05) is 14.2 Å². The Morgan fingerprint density at radius 1 is 1.06 bits per heavy atom. The van der Waals surface area contributed by atoms with E-state index >= 15 is 0 Å². The molecule has 1 fully saturated rings. The van der Waals surface area contributed by atoms with Crippen LogP contribution in [0.25, 0.3) is 0 Å². The first kappa shape index (κ1) is 22.0. The molecule has 0 saturated heterocycles. The zero-order chi connectivity index (χ0) is 22.2. The Bertz CT molecular complexity index is 1060. The van der Waals surface area contributed by atoms with Gasteiger partial charge in [0.05, 0.1) is 19.1 Å². The van der Waals surface area contributed by atoms with Gasteiger partial charge in [0.25, 0.3) is 0 Å². The molecule has 31 heavy (non-hydrogen) atoms. The van der Waals surface area contributed by atoms with Crippen molar-refractivity contribution in [1.29, 1.82) is 0 Å². The minimum atomic E-state index is -3.69. The molecule has 0 spiro atoms. The number of sulfonamides is 1. The van der Waals surface area contributed by atoms with Crippen molar-refractivity contribution in [3.05, 3.63) is 47.5 Å². The topological polar surface area (TPSA) is 65.1 Å². The molecule has 0 N–H and O–H groups in total. The number of benzene rings is 2. The van der Waals surface area contributed by atoms with Crippen LogP contribution in [-0.4, -0.2) is 38.6 Å². The second-order valence-corrected chi connectivity index (χ2v) is 10.8. The van der Waals surface area contributed by atoms with Gasteiger partial charge in [-0.2, -0.15) is 4.31 Å². The maximum absolute atomic E-state index is 13.6. The van der Waals surface area contributed by atoms with Crippen LogP contribution in [0.2, 0.25) is 0 Å².